The van der Waals surface area contributed by atoms with Gasteiger partial charge < -0.3 is 5.32 Å². The zero-order valence-corrected chi connectivity index (χ0v) is 14.5. The lowest BCUT2D eigenvalue weighted by atomic mass is 10.1. The van der Waals surface area contributed by atoms with Crippen LogP contribution in [-0.2, 0) is 13.1 Å². The molecule has 1 heterocycles. The van der Waals surface area contributed by atoms with E-state index in [1.807, 2.05) is 23.9 Å². The Bertz CT molecular complexity index is 629. The Balaban J connectivity index is 2.13. The maximum atomic E-state index is 13.5. The molecule has 0 spiro atoms. The molecule has 0 fully saturated rings. The third kappa shape index (κ3) is 4.38. The summed E-state index contributed by atoms with van der Waals surface area (Å²) in [5.74, 6) is -0.244. The molecule has 21 heavy (non-hydrogen) atoms. The molecule has 0 amide bonds. The largest absolute Gasteiger partial charge is 0.308 e. The predicted octanol–water partition coefficient (Wildman–Crippen LogP) is 4.03. The van der Waals surface area contributed by atoms with E-state index in [0.29, 0.717) is 11.0 Å². The van der Waals surface area contributed by atoms with Gasteiger partial charge >= 0.3 is 0 Å². The first-order valence-corrected chi connectivity index (χ1v) is 7.76. The SMILES string of the molecule is Cc1nn(Cc2cccc(F)c2Br)cc1CNC(C)(C)C. The smallest absolute Gasteiger partial charge is 0.137 e. The summed E-state index contributed by atoms with van der Waals surface area (Å²) in [4.78, 5) is 0. The molecule has 0 saturated heterocycles. The van der Waals surface area contributed by atoms with Crippen LogP contribution in [0.2, 0.25) is 0 Å². The lowest BCUT2D eigenvalue weighted by Gasteiger charge is -2.20. The minimum atomic E-state index is -0.244. The molecule has 0 aliphatic rings. The number of aryl methyl sites for hydroxylation is 1. The lowest BCUT2D eigenvalue weighted by Crippen LogP contribution is -2.35. The van der Waals surface area contributed by atoms with Gasteiger partial charge in [0.25, 0.3) is 0 Å². The molecule has 0 bridgehead atoms. The van der Waals surface area contributed by atoms with E-state index in [1.54, 1.807) is 6.07 Å². The first-order valence-electron chi connectivity index (χ1n) is 6.97. The van der Waals surface area contributed by atoms with Crippen LogP contribution in [0.1, 0.15) is 37.6 Å². The van der Waals surface area contributed by atoms with Crippen molar-refractivity contribution in [2.24, 2.45) is 0 Å². The Kier molecular flexibility index (Phi) is 4.84. The Morgan fingerprint density at radius 1 is 1.29 bits per heavy atom. The highest BCUT2D eigenvalue weighted by molar-refractivity contribution is 9.10. The fraction of sp³-hybridized carbons (Fsp3) is 0.438. The van der Waals surface area contributed by atoms with Crippen molar-refractivity contribution < 1.29 is 4.39 Å². The van der Waals surface area contributed by atoms with Gasteiger partial charge in [0, 0.05) is 23.8 Å². The number of halogens is 2. The summed E-state index contributed by atoms with van der Waals surface area (Å²) in [6.45, 7) is 9.73. The molecule has 3 nitrogen and oxygen atoms in total. The average Bonchev–Trinajstić information content (AvgIpc) is 2.72. The van der Waals surface area contributed by atoms with Crippen molar-refractivity contribution >= 4 is 15.9 Å². The summed E-state index contributed by atoms with van der Waals surface area (Å²) < 4.78 is 15.9. The van der Waals surface area contributed by atoms with Gasteiger partial charge in [0.1, 0.15) is 5.82 Å². The average molecular weight is 354 g/mol. The number of aromatic nitrogens is 2. The molecule has 2 aromatic rings. The Morgan fingerprint density at radius 2 is 2.00 bits per heavy atom. The zero-order chi connectivity index (χ0) is 15.6. The molecule has 114 valence electrons. The molecule has 1 aromatic carbocycles. The lowest BCUT2D eigenvalue weighted by molar-refractivity contribution is 0.423. The molecule has 1 aromatic heterocycles. The van der Waals surface area contributed by atoms with Crippen LogP contribution in [0.5, 0.6) is 0 Å². The fourth-order valence-corrected chi connectivity index (χ4v) is 2.41. The van der Waals surface area contributed by atoms with E-state index in [4.69, 9.17) is 0 Å². The van der Waals surface area contributed by atoms with Crippen LogP contribution in [0.25, 0.3) is 0 Å². The number of benzene rings is 1. The van der Waals surface area contributed by atoms with Crippen LogP contribution < -0.4 is 5.32 Å². The van der Waals surface area contributed by atoms with Crippen LogP contribution in [0.15, 0.2) is 28.9 Å². The van der Waals surface area contributed by atoms with Gasteiger partial charge in [0.15, 0.2) is 0 Å². The second-order valence-corrected chi connectivity index (χ2v) is 7.05. The summed E-state index contributed by atoms with van der Waals surface area (Å²) in [5, 5.41) is 7.96. The highest BCUT2D eigenvalue weighted by Gasteiger charge is 2.12. The van der Waals surface area contributed by atoms with Gasteiger partial charge in [-0.1, -0.05) is 12.1 Å². The van der Waals surface area contributed by atoms with Crippen molar-refractivity contribution in [3.8, 4) is 0 Å². The molecule has 0 atom stereocenters. The van der Waals surface area contributed by atoms with Crippen LogP contribution in [0.3, 0.4) is 0 Å². The number of nitrogens with zero attached hydrogens (tertiary/aromatic N) is 2. The third-order valence-electron chi connectivity index (χ3n) is 3.22. The fourth-order valence-electron chi connectivity index (χ4n) is 2.02. The minimum absolute atomic E-state index is 0.0696. The maximum Gasteiger partial charge on any atom is 0.137 e. The van der Waals surface area contributed by atoms with Crippen LogP contribution in [0, 0.1) is 12.7 Å². The number of hydrogen-bond donors (Lipinski definition) is 1. The summed E-state index contributed by atoms with van der Waals surface area (Å²) in [5.41, 5.74) is 3.12. The first-order chi connectivity index (χ1) is 9.76. The van der Waals surface area contributed by atoms with Crippen LogP contribution >= 0.6 is 15.9 Å². The van der Waals surface area contributed by atoms with Gasteiger partial charge in [-0.3, -0.25) is 4.68 Å². The molecular formula is C16H21BrFN3. The van der Waals surface area contributed by atoms with Crippen molar-refractivity contribution in [2.75, 3.05) is 0 Å². The van der Waals surface area contributed by atoms with Gasteiger partial charge in [-0.2, -0.15) is 5.10 Å². The first kappa shape index (κ1) is 16.2. The molecule has 2 rings (SSSR count). The number of nitrogens with one attached hydrogen (secondary N) is 1. The van der Waals surface area contributed by atoms with Crippen molar-refractivity contribution in [3.05, 3.63) is 51.5 Å². The Hall–Kier alpha value is -1.20. The summed E-state index contributed by atoms with van der Waals surface area (Å²) >= 11 is 3.29. The molecule has 0 saturated carbocycles. The third-order valence-corrected chi connectivity index (χ3v) is 4.11. The van der Waals surface area contributed by atoms with Crippen LogP contribution in [-0.4, -0.2) is 15.3 Å². The van der Waals surface area contributed by atoms with Crippen molar-refractivity contribution in [1.29, 1.82) is 0 Å². The highest BCUT2D eigenvalue weighted by Crippen LogP contribution is 2.21. The quantitative estimate of drug-likeness (QED) is 0.899. The monoisotopic (exact) mass is 353 g/mol. The van der Waals surface area contributed by atoms with Gasteiger partial charge in [0.2, 0.25) is 0 Å². The predicted molar refractivity (Wildman–Crippen MR) is 86.8 cm³/mol. The number of rotatable bonds is 4. The van der Waals surface area contributed by atoms with E-state index in [-0.39, 0.29) is 11.4 Å². The zero-order valence-electron chi connectivity index (χ0n) is 12.9. The van der Waals surface area contributed by atoms with Gasteiger partial charge in [0.05, 0.1) is 16.7 Å². The summed E-state index contributed by atoms with van der Waals surface area (Å²) in [6.07, 6.45) is 2.02. The standard InChI is InChI=1S/C16H21BrFN3/c1-11-13(8-19-16(2,3)4)10-21(20-11)9-12-6-5-7-14(18)15(12)17/h5-7,10,19H,8-9H2,1-4H3. The minimum Gasteiger partial charge on any atom is -0.308 e. The van der Waals surface area contributed by atoms with Gasteiger partial charge in [-0.05, 0) is 55.3 Å². The molecular weight excluding hydrogens is 333 g/mol. The topological polar surface area (TPSA) is 29.9 Å². The second-order valence-electron chi connectivity index (χ2n) is 6.25. The maximum absolute atomic E-state index is 13.5. The van der Waals surface area contributed by atoms with E-state index >= 15 is 0 Å². The second kappa shape index (κ2) is 6.28. The van der Waals surface area contributed by atoms with Crippen molar-refractivity contribution in [2.45, 2.75) is 46.3 Å². The van der Waals surface area contributed by atoms with Crippen molar-refractivity contribution in [1.82, 2.24) is 15.1 Å². The number of hydrogen-bond acceptors (Lipinski definition) is 2. The van der Waals surface area contributed by atoms with Crippen LogP contribution in [0.4, 0.5) is 4.39 Å². The summed E-state index contributed by atoms with van der Waals surface area (Å²) in [7, 11) is 0. The summed E-state index contributed by atoms with van der Waals surface area (Å²) in [6, 6.07) is 5.06. The van der Waals surface area contributed by atoms with E-state index in [1.165, 1.54) is 6.07 Å². The van der Waals surface area contributed by atoms with Gasteiger partial charge in [-0.25, -0.2) is 4.39 Å². The molecule has 0 radical (unpaired) electrons. The molecule has 0 aliphatic carbocycles. The van der Waals surface area contributed by atoms with Gasteiger partial charge in [-0.15, -0.1) is 0 Å². The molecule has 0 aliphatic heterocycles. The van der Waals surface area contributed by atoms with E-state index < -0.39 is 0 Å². The van der Waals surface area contributed by atoms with Crippen molar-refractivity contribution in [3.63, 3.8) is 0 Å². The molecule has 1 N–H and O–H groups in total. The Morgan fingerprint density at radius 3 is 2.67 bits per heavy atom. The Labute approximate surface area is 133 Å². The normalized spacial score (nSPS) is 11.9. The molecule has 0 unspecified atom stereocenters. The van der Waals surface area contributed by atoms with E-state index in [0.717, 1.165) is 23.4 Å². The highest BCUT2D eigenvalue weighted by atomic mass is 79.9. The van der Waals surface area contributed by atoms with E-state index in [9.17, 15) is 4.39 Å². The molecule has 5 heteroatoms. The van der Waals surface area contributed by atoms with E-state index in [2.05, 4.69) is 47.1 Å².